The zero-order valence-electron chi connectivity index (χ0n) is 12.3. The number of piperazine rings is 1. The molecule has 8 nitrogen and oxygen atoms in total. The minimum Gasteiger partial charge on any atom is -0.377 e. The van der Waals surface area contributed by atoms with Crippen LogP contribution in [0.3, 0.4) is 0 Å². The molecule has 21 heavy (non-hydrogen) atoms. The van der Waals surface area contributed by atoms with Crippen LogP contribution < -0.4 is 4.90 Å². The Hall–Kier alpha value is -1.67. The molecule has 0 bridgehead atoms. The van der Waals surface area contributed by atoms with E-state index in [1.807, 2.05) is 0 Å². The SMILES string of the molecule is Cn1cnc([N+](=O)[O-])c1N1CCN(CC2CCCO2)CC1. The van der Waals surface area contributed by atoms with Crippen LogP contribution in [0.25, 0.3) is 0 Å². The number of anilines is 1. The number of nitro groups is 1. The van der Waals surface area contributed by atoms with E-state index in [0.717, 1.165) is 52.2 Å². The Kier molecular flexibility index (Phi) is 4.07. The van der Waals surface area contributed by atoms with Gasteiger partial charge in [0.1, 0.15) is 0 Å². The highest BCUT2D eigenvalue weighted by Gasteiger charge is 2.29. The molecular weight excluding hydrogens is 274 g/mol. The van der Waals surface area contributed by atoms with Gasteiger partial charge in [0.25, 0.3) is 0 Å². The quantitative estimate of drug-likeness (QED) is 0.599. The molecule has 1 aromatic heterocycles. The van der Waals surface area contributed by atoms with E-state index in [1.165, 1.54) is 6.33 Å². The van der Waals surface area contributed by atoms with Crippen molar-refractivity contribution in [2.75, 3.05) is 44.2 Å². The predicted octanol–water partition coefficient (Wildman–Crippen LogP) is 0.629. The molecule has 2 saturated heterocycles. The van der Waals surface area contributed by atoms with Crippen molar-refractivity contribution in [2.45, 2.75) is 18.9 Å². The zero-order valence-corrected chi connectivity index (χ0v) is 12.3. The number of hydrogen-bond donors (Lipinski definition) is 0. The van der Waals surface area contributed by atoms with E-state index in [2.05, 4.69) is 14.8 Å². The second-order valence-corrected chi connectivity index (χ2v) is 5.68. The van der Waals surface area contributed by atoms with E-state index in [1.54, 1.807) is 11.6 Å². The van der Waals surface area contributed by atoms with Crippen molar-refractivity contribution in [3.05, 3.63) is 16.4 Å². The van der Waals surface area contributed by atoms with Gasteiger partial charge in [-0.3, -0.25) is 9.47 Å². The van der Waals surface area contributed by atoms with Crippen LogP contribution in [0.15, 0.2) is 6.33 Å². The van der Waals surface area contributed by atoms with E-state index < -0.39 is 4.92 Å². The number of aromatic nitrogens is 2. The Morgan fingerprint density at radius 2 is 2.19 bits per heavy atom. The summed E-state index contributed by atoms with van der Waals surface area (Å²) in [4.78, 5) is 19.0. The highest BCUT2D eigenvalue weighted by Crippen LogP contribution is 2.27. The van der Waals surface area contributed by atoms with Crippen LogP contribution in [0, 0.1) is 10.1 Å². The summed E-state index contributed by atoms with van der Waals surface area (Å²) in [6, 6.07) is 0. The molecule has 1 unspecified atom stereocenters. The summed E-state index contributed by atoms with van der Waals surface area (Å²) in [5, 5.41) is 11.0. The van der Waals surface area contributed by atoms with E-state index in [9.17, 15) is 10.1 Å². The summed E-state index contributed by atoms with van der Waals surface area (Å²) in [5.74, 6) is 0.557. The second kappa shape index (κ2) is 5.98. The molecule has 0 saturated carbocycles. The normalized spacial score (nSPS) is 23.7. The van der Waals surface area contributed by atoms with Crippen LogP contribution in [0.1, 0.15) is 12.8 Å². The van der Waals surface area contributed by atoms with Gasteiger partial charge in [0, 0.05) is 46.4 Å². The van der Waals surface area contributed by atoms with Crippen LogP contribution in [0.5, 0.6) is 0 Å². The van der Waals surface area contributed by atoms with E-state index >= 15 is 0 Å². The first kappa shape index (κ1) is 14.3. The molecule has 1 aromatic rings. The number of rotatable bonds is 4. The molecule has 0 amide bonds. The number of ether oxygens (including phenoxy) is 1. The van der Waals surface area contributed by atoms with Gasteiger partial charge in [-0.1, -0.05) is 0 Å². The standard InChI is InChI=1S/C13H21N5O3/c1-15-10-14-12(18(19)20)13(15)17-6-4-16(5-7-17)9-11-3-2-8-21-11/h10-11H,2-9H2,1H3. The molecule has 1 atom stereocenters. The minimum atomic E-state index is -0.409. The van der Waals surface area contributed by atoms with Crippen LogP contribution in [-0.4, -0.2) is 64.8 Å². The summed E-state index contributed by atoms with van der Waals surface area (Å²) in [6.45, 7) is 5.23. The number of aryl methyl sites for hydroxylation is 1. The summed E-state index contributed by atoms with van der Waals surface area (Å²) in [6.07, 6.45) is 4.17. The smallest absolute Gasteiger partial charge is 0.377 e. The summed E-state index contributed by atoms with van der Waals surface area (Å²) < 4.78 is 7.40. The van der Waals surface area contributed by atoms with Crippen molar-refractivity contribution in [3.8, 4) is 0 Å². The Morgan fingerprint density at radius 3 is 2.81 bits per heavy atom. The molecule has 0 aliphatic carbocycles. The van der Waals surface area contributed by atoms with Gasteiger partial charge in [-0.05, 0) is 22.7 Å². The molecule has 0 N–H and O–H groups in total. The number of nitrogens with zero attached hydrogens (tertiary/aromatic N) is 5. The molecule has 2 aliphatic heterocycles. The third-order valence-corrected chi connectivity index (χ3v) is 4.22. The fourth-order valence-corrected chi connectivity index (χ4v) is 3.12. The number of imidazole rings is 1. The molecule has 2 fully saturated rings. The lowest BCUT2D eigenvalue weighted by molar-refractivity contribution is -0.388. The molecule has 3 heterocycles. The lowest BCUT2D eigenvalue weighted by Crippen LogP contribution is -2.49. The second-order valence-electron chi connectivity index (χ2n) is 5.68. The molecule has 0 spiro atoms. The van der Waals surface area contributed by atoms with Crippen molar-refractivity contribution < 1.29 is 9.66 Å². The van der Waals surface area contributed by atoms with E-state index in [-0.39, 0.29) is 5.82 Å². The van der Waals surface area contributed by atoms with Crippen LogP contribution in [-0.2, 0) is 11.8 Å². The molecule has 116 valence electrons. The van der Waals surface area contributed by atoms with Crippen molar-refractivity contribution >= 4 is 11.6 Å². The summed E-state index contributed by atoms with van der Waals surface area (Å²) in [7, 11) is 1.80. The Bertz CT molecular complexity index is 504. The van der Waals surface area contributed by atoms with Gasteiger partial charge in [-0.25, -0.2) is 0 Å². The first-order chi connectivity index (χ1) is 10.1. The summed E-state index contributed by atoms with van der Waals surface area (Å²) in [5.41, 5.74) is 0. The van der Waals surface area contributed by atoms with Gasteiger partial charge in [-0.15, -0.1) is 0 Å². The van der Waals surface area contributed by atoms with Gasteiger partial charge in [0.15, 0.2) is 0 Å². The highest BCUT2D eigenvalue weighted by molar-refractivity contribution is 5.54. The Labute approximate surface area is 123 Å². The molecule has 2 aliphatic rings. The lowest BCUT2D eigenvalue weighted by Gasteiger charge is -2.36. The van der Waals surface area contributed by atoms with Gasteiger partial charge in [-0.2, -0.15) is 0 Å². The van der Waals surface area contributed by atoms with Crippen LogP contribution in [0.4, 0.5) is 11.6 Å². The minimum absolute atomic E-state index is 0.0509. The molecule has 3 rings (SSSR count). The Balaban J connectivity index is 1.60. The maximum Gasteiger partial charge on any atom is 0.406 e. The van der Waals surface area contributed by atoms with Gasteiger partial charge < -0.3 is 19.8 Å². The lowest BCUT2D eigenvalue weighted by atomic mass is 10.2. The predicted molar refractivity (Wildman–Crippen MR) is 77.5 cm³/mol. The van der Waals surface area contributed by atoms with Gasteiger partial charge >= 0.3 is 5.82 Å². The largest absolute Gasteiger partial charge is 0.406 e. The Morgan fingerprint density at radius 1 is 1.43 bits per heavy atom. The van der Waals surface area contributed by atoms with Crippen LogP contribution >= 0.6 is 0 Å². The maximum atomic E-state index is 11.0. The van der Waals surface area contributed by atoms with Crippen molar-refractivity contribution in [1.82, 2.24) is 14.5 Å². The zero-order chi connectivity index (χ0) is 14.8. The third-order valence-electron chi connectivity index (χ3n) is 4.22. The fraction of sp³-hybridized carbons (Fsp3) is 0.769. The van der Waals surface area contributed by atoms with Gasteiger partial charge in [0.05, 0.1) is 6.10 Å². The molecule has 0 radical (unpaired) electrons. The average Bonchev–Trinajstić information content (AvgIpc) is 3.09. The monoisotopic (exact) mass is 295 g/mol. The van der Waals surface area contributed by atoms with Crippen molar-refractivity contribution in [1.29, 1.82) is 0 Å². The molecule has 8 heteroatoms. The van der Waals surface area contributed by atoms with Crippen LogP contribution in [0.2, 0.25) is 0 Å². The number of hydrogen-bond acceptors (Lipinski definition) is 6. The highest BCUT2D eigenvalue weighted by atomic mass is 16.6. The fourth-order valence-electron chi connectivity index (χ4n) is 3.12. The maximum absolute atomic E-state index is 11.0. The molecule has 0 aromatic carbocycles. The van der Waals surface area contributed by atoms with Crippen molar-refractivity contribution in [3.63, 3.8) is 0 Å². The van der Waals surface area contributed by atoms with Gasteiger partial charge in [0.2, 0.25) is 12.1 Å². The topological polar surface area (TPSA) is 76.7 Å². The average molecular weight is 295 g/mol. The summed E-state index contributed by atoms with van der Waals surface area (Å²) >= 11 is 0. The third kappa shape index (κ3) is 3.01. The first-order valence-electron chi connectivity index (χ1n) is 7.40. The molecular formula is C13H21N5O3. The van der Waals surface area contributed by atoms with E-state index in [0.29, 0.717) is 11.9 Å². The van der Waals surface area contributed by atoms with Crippen molar-refractivity contribution in [2.24, 2.45) is 7.05 Å². The first-order valence-corrected chi connectivity index (χ1v) is 7.40. The van der Waals surface area contributed by atoms with E-state index in [4.69, 9.17) is 4.74 Å².